The molecule has 0 amide bonds. The van der Waals surface area contributed by atoms with Gasteiger partial charge in [-0.1, -0.05) is 31.5 Å². The van der Waals surface area contributed by atoms with Crippen molar-refractivity contribution in [3.8, 4) is 0 Å². The van der Waals surface area contributed by atoms with E-state index in [1.54, 1.807) is 0 Å². The van der Waals surface area contributed by atoms with Gasteiger partial charge in [-0.05, 0) is 55.5 Å². The molecule has 1 aliphatic rings. The summed E-state index contributed by atoms with van der Waals surface area (Å²) in [5.74, 6) is 1.72. The minimum atomic E-state index is 0.666. The lowest BCUT2D eigenvalue weighted by molar-refractivity contribution is 0.152. The maximum absolute atomic E-state index is 6.05. The van der Waals surface area contributed by atoms with Gasteiger partial charge in [0.2, 0.25) is 0 Å². The van der Waals surface area contributed by atoms with Gasteiger partial charge in [0.1, 0.15) is 0 Å². The second-order valence-corrected chi connectivity index (χ2v) is 6.12. The molecule has 1 aromatic rings. The predicted molar refractivity (Wildman–Crippen MR) is 78.7 cm³/mol. The Morgan fingerprint density at radius 2 is 2.00 bits per heavy atom. The van der Waals surface area contributed by atoms with E-state index in [-0.39, 0.29) is 0 Å². The Kier molecular flexibility index (Phi) is 4.52. The Balaban J connectivity index is 1.89. The Hall–Kier alpha value is -0.730. The summed E-state index contributed by atoms with van der Waals surface area (Å²) in [4.78, 5) is 2.51. The van der Waals surface area contributed by atoms with Gasteiger partial charge in [-0.2, -0.15) is 0 Å². The van der Waals surface area contributed by atoms with Crippen LogP contribution in [0.1, 0.15) is 32.3 Å². The first-order valence-electron chi connectivity index (χ1n) is 6.82. The number of nitrogen functional groups attached to an aromatic ring is 1. The van der Waals surface area contributed by atoms with Crippen LogP contribution >= 0.6 is 11.6 Å². The zero-order valence-electron chi connectivity index (χ0n) is 11.3. The monoisotopic (exact) mass is 266 g/mol. The van der Waals surface area contributed by atoms with E-state index in [4.69, 9.17) is 17.3 Å². The third kappa shape index (κ3) is 3.39. The van der Waals surface area contributed by atoms with Crippen molar-refractivity contribution in [3.63, 3.8) is 0 Å². The molecule has 0 saturated carbocycles. The molecule has 1 aliphatic heterocycles. The Morgan fingerprint density at radius 3 is 2.56 bits per heavy atom. The van der Waals surface area contributed by atoms with Gasteiger partial charge in [-0.3, -0.25) is 4.90 Å². The summed E-state index contributed by atoms with van der Waals surface area (Å²) in [6.45, 7) is 8.06. The fourth-order valence-electron chi connectivity index (χ4n) is 2.70. The van der Waals surface area contributed by atoms with Crippen molar-refractivity contribution in [3.05, 3.63) is 28.8 Å². The van der Waals surface area contributed by atoms with Crippen LogP contribution in [-0.2, 0) is 6.54 Å². The number of halogens is 1. The number of benzene rings is 1. The molecule has 0 aromatic heterocycles. The molecule has 0 bridgehead atoms. The number of nitrogens with two attached hydrogens (primary N) is 1. The van der Waals surface area contributed by atoms with Crippen LogP contribution in [0.5, 0.6) is 0 Å². The van der Waals surface area contributed by atoms with Crippen LogP contribution in [0.3, 0.4) is 0 Å². The first kappa shape index (κ1) is 13.7. The number of likely N-dealkylation sites (tertiary alicyclic amines) is 1. The highest BCUT2D eigenvalue weighted by molar-refractivity contribution is 6.33. The average Bonchev–Trinajstić information content (AvgIpc) is 2.34. The minimum absolute atomic E-state index is 0.666. The van der Waals surface area contributed by atoms with Crippen molar-refractivity contribution >= 4 is 17.3 Å². The molecule has 2 nitrogen and oxygen atoms in total. The van der Waals surface area contributed by atoms with Crippen LogP contribution in [-0.4, -0.2) is 18.0 Å². The normalized spacial score (nSPS) is 18.4. The van der Waals surface area contributed by atoms with Crippen molar-refractivity contribution in [1.82, 2.24) is 4.90 Å². The molecule has 1 aromatic carbocycles. The summed E-state index contributed by atoms with van der Waals surface area (Å²) in [6, 6.07) is 5.97. The first-order valence-corrected chi connectivity index (χ1v) is 7.20. The third-order valence-electron chi connectivity index (χ3n) is 4.05. The van der Waals surface area contributed by atoms with Crippen molar-refractivity contribution in [1.29, 1.82) is 0 Å². The number of rotatable bonds is 3. The second kappa shape index (κ2) is 5.94. The molecule has 2 rings (SSSR count). The third-order valence-corrected chi connectivity index (χ3v) is 4.37. The van der Waals surface area contributed by atoms with E-state index in [1.807, 2.05) is 12.1 Å². The number of hydrogen-bond acceptors (Lipinski definition) is 2. The lowest BCUT2D eigenvalue weighted by atomic mass is 9.86. The molecular weight excluding hydrogens is 244 g/mol. The quantitative estimate of drug-likeness (QED) is 0.844. The zero-order chi connectivity index (χ0) is 13.1. The maximum Gasteiger partial charge on any atom is 0.0638 e. The average molecular weight is 267 g/mol. The van der Waals surface area contributed by atoms with Crippen LogP contribution < -0.4 is 5.73 Å². The summed E-state index contributed by atoms with van der Waals surface area (Å²) in [6.07, 6.45) is 2.64. The van der Waals surface area contributed by atoms with E-state index in [1.165, 1.54) is 31.5 Å². The van der Waals surface area contributed by atoms with Gasteiger partial charge in [0.05, 0.1) is 10.7 Å². The summed E-state index contributed by atoms with van der Waals surface area (Å²) in [5, 5.41) is 0.671. The molecule has 3 heteroatoms. The second-order valence-electron chi connectivity index (χ2n) is 5.71. The molecular formula is C15H23ClN2. The molecule has 0 radical (unpaired) electrons. The Labute approximate surface area is 115 Å². The van der Waals surface area contributed by atoms with E-state index < -0.39 is 0 Å². The van der Waals surface area contributed by atoms with E-state index in [0.717, 1.165) is 18.4 Å². The molecule has 1 heterocycles. The van der Waals surface area contributed by atoms with E-state index in [2.05, 4.69) is 24.8 Å². The summed E-state index contributed by atoms with van der Waals surface area (Å²) in [7, 11) is 0. The van der Waals surface area contributed by atoms with Gasteiger partial charge < -0.3 is 5.73 Å². The van der Waals surface area contributed by atoms with E-state index in [0.29, 0.717) is 10.7 Å². The highest BCUT2D eigenvalue weighted by atomic mass is 35.5. The van der Waals surface area contributed by atoms with Gasteiger partial charge >= 0.3 is 0 Å². The van der Waals surface area contributed by atoms with E-state index >= 15 is 0 Å². The number of hydrogen-bond donors (Lipinski definition) is 1. The summed E-state index contributed by atoms with van der Waals surface area (Å²) >= 11 is 6.05. The molecule has 0 atom stereocenters. The predicted octanol–water partition coefficient (Wildman–Crippen LogP) is 3.79. The lowest BCUT2D eigenvalue weighted by Crippen LogP contribution is -2.34. The Bertz CT molecular complexity index is 395. The van der Waals surface area contributed by atoms with Gasteiger partial charge in [0, 0.05) is 6.54 Å². The molecule has 0 spiro atoms. The van der Waals surface area contributed by atoms with Gasteiger partial charge in [0.15, 0.2) is 0 Å². The topological polar surface area (TPSA) is 29.3 Å². The van der Waals surface area contributed by atoms with Crippen molar-refractivity contribution in [2.24, 2.45) is 11.8 Å². The zero-order valence-corrected chi connectivity index (χ0v) is 12.1. The molecule has 18 heavy (non-hydrogen) atoms. The van der Waals surface area contributed by atoms with Crippen molar-refractivity contribution in [2.45, 2.75) is 33.2 Å². The highest BCUT2D eigenvalue weighted by Gasteiger charge is 2.21. The van der Waals surface area contributed by atoms with Crippen molar-refractivity contribution < 1.29 is 0 Å². The Morgan fingerprint density at radius 1 is 1.33 bits per heavy atom. The lowest BCUT2D eigenvalue weighted by Gasteiger charge is -2.33. The van der Waals surface area contributed by atoms with Crippen LogP contribution in [0.2, 0.25) is 5.02 Å². The van der Waals surface area contributed by atoms with Crippen LogP contribution in [0.4, 0.5) is 5.69 Å². The molecule has 0 aliphatic carbocycles. The van der Waals surface area contributed by atoms with Gasteiger partial charge in [-0.25, -0.2) is 0 Å². The van der Waals surface area contributed by atoms with Crippen molar-refractivity contribution in [2.75, 3.05) is 18.8 Å². The number of nitrogens with zero attached hydrogens (tertiary/aromatic N) is 1. The maximum atomic E-state index is 6.05. The van der Waals surface area contributed by atoms with Gasteiger partial charge in [0.25, 0.3) is 0 Å². The molecule has 1 fully saturated rings. The number of piperidine rings is 1. The molecule has 2 N–H and O–H groups in total. The fourth-order valence-corrected chi connectivity index (χ4v) is 2.91. The summed E-state index contributed by atoms with van der Waals surface area (Å²) in [5.41, 5.74) is 7.65. The SMILES string of the molecule is CC(C)C1CCN(Cc2ccc(N)c(Cl)c2)CC1. The largest absolute Gasteiger partial charge is 0.398 e. The molecule has 1 saturated heterocycles. The van der Waals surface area contributed by atoms with E-state index in [9.17, 15) is 0 Å². The van der Waals surface area contributed by atoms with Crippen LogP contribution in [0.15, 0.2) is 18.2 Å². The highest BCUT2D eigenvalue weighted by Crippen LogP contribution is 2.26. The number of anilines is 1. The molecule has 0 unspecified atom stereocenters. The standard InChI is InChI=1S/C15H23ClN2/c1-11(2)13-5-7-18(8-6-13)10-12-3-4-15(17)14(16)9-12/h3-4,9,11,13H,5-8,10,17H2,1-2H3. The summed E-state index contributed by atoms with van der Waals surface area (Å²) < 4.78 is 0. The van der Waals surface area contributed by atoms with Crippen LogP contribution in [0, 0.1) is 11.8 Å². The van der Waals surface area contributed by atoms with Gasteiger partial charge in [-0.15, -0.1) is 0 Å². The molecule has 100 valence electrons. The fraction of sp³-hybridized carbons (Fsp3) is 0.600. The first-order chi connectivity index (χ1) is 8.56. The van der Waals surface area contributed by atoms with Crippen LogP contribution in [0.25, 0.3) is 0 Å². The smallest absolute Gasteiger partial charge is 0.0638 e. The minimum Gasteiger partial charge on any atom is -0.398 e.